The van der Waals surface area contributed by atoms with Crippen molar-refractivity contribution in [3.05, 3.63) is 102 Å². The molecule has 0 saturated carbocycles. The van der Waals surface area contributed by atoms with Gasteiger partial charge in [0.25, 0.3) is 5.91 Å². The highest BCUT2D eigenvalue weighted by molar-refractivity contribution is 5.94. The number of benzene rings is 3. The van der Waals surface area contributed by atoms with E-state index in [2.05, 4.69) is 5.10 Å². The number of hydrogen-bond acceptors (Lipinski definition) is 3. The number of carbonyl (C=O) groups excluding carboxylic acids is 1. The van der Waals surface area contributed by atoms with Gasteiger partial charge in [0, 0.05) is 19.2 Å². The van der Waals surface area contributed by atoms with Crippen molar-refractivity contribution < 1.29 is 18.3 Å². The van der Waals surface area contributed by atoms with Crippen LogP contribution in [-0.2, 0) is 13.6 Å². The van der Waals surface area contributed by atoms with Crippen molar-refractivity contribution in [2.45, 2.75) is 19.9 Å². The first kappa shape index (κ1) is 23.2. The van der Waals surface area contributed by atoms with Crippen LogP contribution in [0, 0.1) is 11.6 Å². The predicted molar refractivity (Wildman–Crippen MR) is 127 cm³/mol. The standard InChI is InChI=1S/C27H25F2N3O2/c1-3-17-32(26(33)20-13-7-8-14-22(20)28)18-21-25(19-11-5-4-6-12-19)30-31(2)27(21)34-24-16-10-9-15-23(24)29/h4-16H,3,17-18H2,1-2H3. The van der Waals surface area contributed by atoms with Gasteiger partial charge in [0.1, 0.15) is 11.5 Å². The summed E-state index contributed by atoms with van der Waals surface area (Å²) in [5, 5.41) is 4.63. The van der Waals surface area contributed by atoms with Crippen molar-refractivity contribution in [2.24, 2.45) is 7.05 Å². The van der Waals surface area contributed by atoms with Crippen molar-refractivity contribution in [2.75, 3.05) is 6.54 Å². The third-order valence-corrected chi connectivity index (χ3v) is 5.41. The van der Waals surface area contributed by atoms with E-state index in [1.165, 1.54) is 28.9 Å². The van der Waals surface area contributed by atoms with Crippen LogP contribution in [0.5, 0.6) is 11.6 Å². The van der Waals surface area contributed by atoms with Crippen molar-refractivity contribution in [3.8, 4) is 22.9 Å². The van der Waals surface area contributed by atoms with Crippen LogP contribution in [0.1, 0.15) is 29.3 Å². The van der Waals surface area contributed by atoms with Gasteiger partial charge in [-0.3, -0.25) is 4.79 Å². The highest BCUT2D eigenvalue weighted by atomic mass is 19.1. The van der Waals surface area contributed by atoms with Crippen LogP contribution in [0.3, 0.4) is 0 Å². The Kier molecular flexibility index (Phi) is 7.01. The number of para-hydroxylation sites is 1. The van der Waals surface area contributed by atoms with Gasteiger partial charge in [-0.2, -0.15) is 5.10 Å². The number of nitrogens with zero attached hydrogens (tertiary/aromatic N) is 3. The summed E-state index contributed by atoms with van der Waals surface area (Å²) in [7, 11) is 1.70. The summed E-state index contributed by atoms with van der Waals surface area (Å²) in [5.74, 6) is -1.16. The lowest BCUT2D eigenvalue weighted by molar-refractivity contribution is 0.0737. The topological polar surface area (TPSA) is 47.4 Å². The fourth-order valence-corrected chi connectivity index (χ4v) is 3.80. The second-order valence-electron chi connectivity index (χ2n) is 7.86. The third kappa shape index (κ3) is 4.83. The zero-order valence-electron chi connectivity index (χ0n) is 19.0. The van der Waals surface area contributed by atoms with E-state index in [1.807, 2.05) is 37.3 Å². The van der Waals surface area contributed by atoms with Gasteiger partial charge in [0.15, 0.2) is 11.6 Å². The second-order valence-corrected chi connectivity index (χ2v) is 7.86. The summed E-state index contributed by atoms with van der Waals surface area (Å²) >= 11 is 0. The van der Waals surface area contributed by atoms with Crippen LogP contribution >= 0.6 is 0 Å². The molecular weight excluding hydrogens is 436 g/mol. The molecule has 0 aliphatic rings. The summed E-state index contributed by atoms with van der Waals surface area (Å²) in [6, 6.07) is 21.5. The van der Waals surface area contributed by atoms with Crippen LogP contribution < -0.4 is 4.74 Å². The molecule has 4 rings (SSSR count). The summed E-state index contributed by atoms with van der Waals surface area (Å²) < 4.78 is 36.3. The molecular formula is C27H25F2N3O2. The lowest BCUT2D eigenvalue weighted by Gasteiger charge is -2.23. The maximum atomic E-state index is 14.4. The summed E-state index contributed by atoms with van der Waals surface area (Å²) in [4.78, 5) is 14.9. The molecule has 4 aromatic rings. The van der Waals surface area contributed by atoms with Gasteiger partial charge in [0.2, 0.25) is 5.88 Å². The molecule has 1 aromatic heterocycles. The minimum atomic E-state index is -0.578. The van der Waals surface area contributed by atoms with Crippen molar-refractivity contribution >= 4 is 5.91 Å². The molecule has 0 saturated heterocycles. The Balaban J connectivity index is 1.79. The molecule has 0 unspecified atom stereocenters. The molecule has 1 heterocycles. The molecule has 0 N–H and O–H groups in total. The van der Waals surface area contributed by atoms with Crippen molar-refractivity contribution in [3.63, 3.8) is 0 Å². The fourth-order valence-electron chi connectivity index (χ4n) is 3.80. The van der Waals surface area contributed by atoms with Gasteiger partial charge in [-0.1, -0.05) is 61.5 Å². The van der Waals surface area contributed by atoms with Crippen LogP contribution in [-0.4, -0.2) is 27.1 Å². The minimum absolute atomic E-state index is 0.00215. The van der Waals surface area contributed by atoms with Crippen LogP contribution in [0.2, 0.25) is 0 Å². The predicted octanol–water partition coefficient (Wildman–Crippen LogP) is 6.21. The Hall–Kier alpha value is -4.00. The second kappa shape index (κ2) is 10.3. The highest BCUT2D eigenvalue weighted by Gasteiger charge is 2.26. The summed E-state index contributed by atoms with van der Waals surface area (Å²) in [5.41, 5.74) is 2.04. The summed E-state index contributed by atoms with van der Waals surface area (Å²) in [6.07, 6.45) is 0.671. The Morgan fingerprint density at radius 3 is 2.26 bits per heavy atom. The van der Waals surface area contributed by atoms with E-state index >= 15 is 0 Å². The molecule has 0 atom stereocenters. The molecule has 1 amide bonds. The van der Waals surface area contributed by atoms with E-state index in [-0.39, 0.29) is 17.9 Å². The first-order chi connectivity index (χ1) is 16.5. The Morgan fingerprint density at radius 2 is 1.59 bits per heavy atom. The lowest BCUT2D eigenvalue weighted by atomic mass is 10.1. The third-order valence-electron chi connectivity index (χ3n) is 5.41. The van der Waals surface area contributed by atoms with Crippen LogP contribution in [0.4, 0.5) is 8.78 Å². The number of aryl methyl sites for hydroxylation is 1. The summed E-state index contributed by atoms with van der Waals surface area (Å²) in [6.45, 7) is 2.46. The van der Waals surface area contributed by atoms with E-state index < -0.39 is 17.5 Å². The first-order valence-electron chi connectivity index (χ1n) is 11.1. The van der Waals surface area contributed by atoms with Gasteiger partial charge >= 0.3 is 0 Å². The number of carbonyl (C=O) groups is 1. The number of halogens is 2. The van der Waals surface area contributed by atoms with Gasteiger partial charge in [-0.15, -0.1) is 0 Å². The Morgan fingerprint density at radius 1 is 0.941 bits per heavy atom. The molecule has 0 bridgehead atoms. The molecule has 0 fully saturated rings. The number of amides is 1. The monoisotopic (exact) mass is 461 g/mol. The largest absolute Gasteiger partial charge is 0.436 e. The van der Waals surface area contributed by atoms with Gasteiger partial charge in [-0.05, 0) is 30.7 Å². The van der Waals surface area contributed by atoms with E-state index in [0.29, 0.717) is 30.1 Å². The average Bonchev–Trinajstić information content (AvgIpc) is 3.15. The van der Waals surface area contributed by atoms with Crippen molar-refractivity contribution in [1.29, 1.82) is 0 Å². The molecule has 0 spiro atoms. The zero-order valence-corrected chi connectivity index (χ0v) is 19.0. The maximum Gasteiger partial charge on any atom is 0.257 e. The van der Waals surface area contributed by atoms with Crippen molar-refractivity contribution in [1.82, 2.24) is 14.7 Å². The molecule has 174 valence electrons. The normalized spacial score (nSPS) is 10.8. The zero-order chi connectivity index (χ0) is 24.1. The van der Waals surface area contributed by atoms with E-state index in [4.69, 9.17) is 4.74 Å². The number of rotatable bonds is 8. The molecule has 5 nitrogen and oxygen atoms in total. The quantitative estimate of drug-likeness (QED) is 0.313. The number of ether oxygens (including phenoxy) is 1. The molecule has 7 heteroatoms. The van der Waals surface area contributed by atoms with E-state index in [0.717, 1.165) is 5.56 Å². The highest BCUT2D eigenvalue weighted by Crippen LogP contribution is 2.35. The van der Waals surface area contributed by atoms with Crippen LogP contribution in [0.15, 0.2) is 78.9 Å². The average molecular weight is 462 g/mol. The Bertz CT molecular complexity index is 1290. The van der Waals surface area contributed by atoms with Crippen LogP contribution in [0.25, 0.3) is 11.3 Å². The molecule has 0 radical (unpaired) electrons. The molecule has 34 heavy (non-hydrogen) atoms. The Labute approximate surface area is 197 Å². The van der Waals surface area contributed by atoms with E-state index in [1.54, 1.807) is 36.2 Å². The van der Waals surface area contributed by atoms with E-state index in [9.17, 15) is 13.6 Å². The van der Waals surface area contributed by atoms with Gasteiger partial charge < -0.3 is 9.64 Å². The number of hydrogen-bond donors (Lipinski definition) is 0. The fraction of sp³-hybridized carbons (Fsp3) is 0.185. The smallest absolute Gasteiger partial charge is 0.257 e. The SMILES string of the molecule is CCCN(Cc1c(-c2ccccc2)nn(C)c1Oc1ccccc1F)C(=O)c1ccccc1F. The maximum absolute atomic E-state index is 14.4. The molecule has 3 aromatic carbocycles. The number of aromatic nitrogens is 2. The van der Waals surface area contributed by atoms with Gasteiger partial charge in [-0.25, -0.2) is 13.5 Å². The van der Waals surface area contributed by atoms with Gasteiger partial charge in [0.05, 0.1) is 17.7 Å². The minimum Gasteiger partial charge on any atom is -0.436 e. The lowest BCUT2D eigenvalue weighted by Crippen LogP contribution is -2.32. The first-order valence-corrected chi connectivity index (χ1v) is 11.1. The molecule has 0 aliphatic carbocycles. The molecule has 0 aliphatic heterocycles.